The Bertz CT molecular complexity index is 1320. The number of aryl methyl sites for hydroxylation is 1. The predicted octanol–water partition coefficient (Wildman–Crippen LogP) is 9.32. The van der Waals surface area contributed by atoms with E-state index >= 15 is 0 Å². The molecule has 8 heteroatoms. The number of ketones is 1. The van der Waals surface area contributed by atoms with Crippen molar-refractivity contribution in [1.29, 1.82) is 0 Å². The molecular formula is C33H37F3N2O3. The minimum atomic E-state index is -4.50. The molecule has 0 bridgehead atoms. The quantitative estimate of drug-likeness (QED) is 0.227. The van der Waals surface area contributed by atoms with Crippen LogP contribution in [0.2, 0.25) is 0 Å². The summed E-state index contributed by atoms with van der Waals surface area (Å²) in [5, 5.41) is 5.37. The highest BCUT2D eigenvalue weighted by Gasteiger charge is 2.31. The van der Waals surface area contributed by atoms with Crippen LogP contribution in [0.15, 0.2) is 66.7 Å². The van der Waals surface area contributed by atoms with Gasteiger partial charge in [-0.05, 0) is 66.3 Å². The highest BCUT2D eigenvalue weighted by molar-refractivity contribution is 5.96. The number of Topliss-reactive ketones (excluding diaryl/α,β-unsaturated/α-hetero) is 1. The number of amides is 2. The van der Waals surface area contributed by atoms with Crippen LogP contribution in [0, 0.1) is 5.92 Å². The van der Waals surface area contributed by atoms with Gasteiger partial charge >= 0.3 is 12.2 Å². The molecule has 0 aromatic heterocycles. The first-order chi connectivity index (χ1) is 19.7. The number of anilines is 1. The second kappa shape index (κ2) is 14.2. The molecule has 3 aromatic rings. The second-order valence-electron chi connectivity index (χ2n) is 10.6. The molecule has 41 heavy (non-hydrogen) atoms. The lowest BCUT2D eigenvalue weighted by Crippen LogP contribution is -2.28. The summed E-state index contributed by atoms with van der Waals surface area (Å²) in [7, 11) is 0. The molecule has 0 saturated heterocycles. The van der Waals surface area contributed by atoms with Gasteiger partial charge in [-0.3, -0.25) is 4.79 Å². The first-order valence-electron chi connectivity index (χ1n) is 14.4. The number of hydrogen-bond acceptors (Lipinski definition) is 3. The maximum atomic E-state index is 13.4. The van der Waals surface area contributed by atoms with Gasteiger partial charge in [-0.15, -0.1) is 0 Å². The Labute approximate surface area is 239 Å². The molecule has 0 spiro atoms. The summed E-state index contributed by atoms with van der Waals surface area (Å²) in [6.07, 6.45) is 4.69. The van der Waals surface area contributed by atoms with Crippen LogP contribution in [0.25, 0.3) is 0 Å². The maximum absolute atomic E-state index is 13.4. The number of hydrogen-bond donors (Lipinski definition) is 2. The van der Waals surface area contributed by atoms with Gasteiger partial charge in [-0.2, -0.15) is 13.2 Å². The third-order valence-corrected chi connectivity index (χ3v) is 7.56. The van der Waals surface area contributed by atoms with Crippen LogP contribution in [0.4, 0.5) is 23.7 Å². The number of benzene rings is 3. The van der Waals surface area contributed by atoms with Gasteiger partial charge in [0.1, 0.15) is 11.5 Å². The molecule has 1 saturated carbocycles. The minimum absolute atomic E-state index is 0.0341. The number of alkyl halides is 3. The second-order valence-corrected chi connectivity index (χ2v) is 10.6. The molecule has 2 amide bonds. The highest BCUT2D eigenvalue weighted by Crippen LogP contribution is 2.34. The van der Waals surface area contributed by atoms with E-state index in [2.05, 4.69) is 10.6 Å². The molecule has 0 heterocycles. The number of ether oxygens (including phenoxy) is 1. The standard InChI is InChI=1S/C33H37F3N2O3/c1-2-31(39)26-12-7-13-29(20-26)41-28-18-14-24(15-19-28)22-37-32(40)38-30-21-27(33(34,35)36)17-16-25(30)11-6-10-23-8-4-3-5-9-23/h7,12-21,23H,2-6,8-11,22H2,1H3,(H2,37,38,40). The first kappa shape index (κ1) is 30.2. The molecule has 1 aliphatic rings. The van der Waals surface area contributed by atoms with Gasteiger partial charge in [-0.1, -0.05) is 75.8 Å². The van der Waals surface area contributed by atoms with Gasteiger partial charge in [-0.25, -0.2) is 4.79 Å². The van der Waals surface area contributed by atoms with Crippen molar-refractivity contribution in [3.05, 3.63) is 89.0 Å². The number of rotatable bonds is 11. The summed E-state index contributed by atoms with van der Waals surface area (Å²) in [5.74, 6) is 1.84. The molecule has 218 valence electrons. The Morgan fingerprint density at radius 1 is 0.927 bits per heavy atom. The Morgan fingerprint density at radius 2 is 1.68 bits per heavy atom. The largest absolute Gasteiger partial charge is 0.457 e. The third-order valence-electron chi connectivity index (χ3n) is 7.56. The van der Waals surface area contributed by atoms with Crippen molar-refractivity contribution in [1.82, 2.24) is 5.32 Å². The molecule has 0 unspecified atom stereocenters. The van der Waals surface area contributed by atoms with Crippen LogP contribution >= 0.6 is 0 Å². The summed E-state index contributed by atoms with van der Waals surface area (Å²) in [6, 6.07) is 17.1. The van der Waals surface area contributed by atoms with E-state index < -0.39 is 17.8 Å². The fraction of sp³-hybridized carbons (Fsp3) is 0.394. The van der Waals surface area contributed by atoms with Crippen LogP contribution in [-0.4, -0.2) is 11.8 Å². The molecule has 1 fully saturated rings. The molecule has 2 N–H and O–H groups in total. The average molecular weight is 567 g/mol. The van der Waals surface area contributed by atoms with Gasteiger partial charge in [0.05, 0.1) is 5.56 Å². The zero-order chi connectivity index (χ0) is 29.2. The normalized spacial score (nSPS) is 14.0. The fourth-order valence-electron chi connectivity index (χ4n) is 5.24. The van der Waals surface area contributed by atoms with Gasteiger partial charge in [0, 0.05) is 24.2 Å². The van der Waals surface area contributed by atoms with E-state index in [1.54, 1.807) is 55.5 Å². The van der Waals surface area contributed by atoms with Crippen LogP contribution in [-0.2, 0) is 19.1 Å². The van der Waals surface area contributed by atoms with E-state index in [-0.39, 0.29) is 18.0 Å². The Balaban J connectivity index is 1.33. The molecule has 4 rings (SSSR count). The summed E-state index contributed by atoms with van der Waals surface area (Å²) < 4.78 is 46.0. The van der Waals surface area contributed by atoms with Crippen molar-refractivity contribution in [3.63, 3.8) is 0 Å². The topological polar surface area (TPSA) is 67.4 Å². The van der Waals surface area contributed by atoms with Crippen molar-refractivity contribution < 1.29 is 27.5 Å². The molecule has 0 radical (unpaired) electrons. The molecular weight excluding hydrogens is 529 g/mol. The summed E-state index contributed by atoms with van der Waals surface area (Å²) >= 11 is 0. The van der Waals surface area contributed by atoms with E-state index in [1.165, 1.54) is 38.2 Å². The zero-order valence-electron chi connectivity index (χ0n) is 23.4. The van der Waals surface area contributed by atoms with Gasteiger partial charge in [0.15, 0.2) is 5.78 Å². The predicted molar refractivity (Wildman–Crippen MR) is 154 cm³/mol. The smallest absolute Gasteiger partial charge is 0.416 e. The minimum Gasteiger partial charge on any atom is -0.457 e. The van der Waals surface area contributed by atoms with Crippen molar-refractivity contribution in [3.8, 4) is 11.5 Å². The van der Waals surface area contributed by atoms with E-state index in [4.69, 9.17) is 4.74 Å². The van der Waals surface area contributed by atoms with E-state index in [0.29, 0.717) is 41.4 Å². The van der Waals surface area contributed by atoms with Crippen LogP contribution < -0.4 is 15.4 Å². The van der Waals surface area contributed by atoms with Gasteiger partial charge < -0.3 is 15.4 Å². The van der Waals surface area contributed by atoms with Crippen molar-refractivity contribution in [2.24, 2.45) is 5.92 Å². The molecule has 5 nitrogen and oxygen atoms in total. The summed E-state index contributed by atoms with van der Waals surface area (Å²) in [4.78, 5) is 24.6. The van der Waals surface area contributed by atoms with E-state index in [1.807, 2.05) is 0 Å². The van der Waals surface area contributed by atoms with Crippen molar-refractivity contribution >= 4 is 17.5 Å². The average Bonchev–Trinajstić information content (AvgIpc) is 2.97. The number of urea groups is 1. The molecule has 0 aliphatic heterocycles. The molecule has 0 atom stereocenters. The molecule has 1 aliphatic carbocycles. The van der Waals surface area contributed by atoms with E-state index in [9.17, 15) is 22.8 Å². The number of nitrogens with one attached hydrogen (secondary N) is 2. The zero-order valence-corrected chi connectivity index (χ0v) is 23.4. The number of halogens is 3. The fourth-order valence-corrected chi connectivity index (χ4v) is 5.24. The monoisotopic (exact) mass is 566 g/mol. The van der Waals surface area contributed by atoms with Crippen LogP contribution in [0.1, 0.15) is 85.3 Å². The van der Waals surface area contributed by atoms with Gasteiger partial charge in [0.2, 0.25) is 0 Å². The lowest BCUT2D eigenvalue weighted by Gasteiger charge is -2.21. The van der Waals surface area contributed by atoms with Crippen LogP contribution in [0.3, 0.4) is 0 Å². The Hall–Kier alpha value is -3.81. The Morgan fingerprint density at radius 3 is 2.39 bits per heavy atom. The van der Waals surface area contributed by atoms with Gasteiger partial charge in [0.25, 0.3) is 0 Å². The SMILES string of the molecule is CCC(=O)c1cccc(Oc2ccc(CNC(=O)Nc3cc(C(F)(F)F)ccc3CCCC3CCCCC3)cc2)c1. The Kier molecular flexibility index (Phi) is 10.4. The molecule has 3 aromatic carbocycles. The number of carbonyl (C=O) groups excluding carboxylic acids is 2. The van der Waals surface area contributed by atoms with Crippen molar-refractivity contribution in [2.75, 3.05) is 5.32 Å². The first-order valence-corrected chi connectivity index (χ1v) is 14.4. The van der Waals surface area contributed by atoms with Crippen molar-refractivity contribution in [2.45, 2.75) is 77.4 Å². The lowest BCUT2D eigenvalue weighted by atomic mass is 9.85. The maximum Gasteiger partial charge on any atom is 0.416 e. The lowest BCUT2D eigenvalue weighted by molar-refractivity contribution is -0.137. The highest BCUT2D eigenvalue weighted by atomic mass is 19.4. The van der Waals surface area contributed by atoms with E-state index in [0.717, 1.165) is 30.5 Å². The number of carbonyl (C=O) groups is 2. The third kappa shape index (κ3) is 9.10. The summed E-state index contributed by atoms with van der Waals surface area (Å²) in [5.41, 5.74) is 1.48. The summed E-state index contributed by atoms with van der Waals surface area (Å²) in [6.45, 7) is 1.99. The van der Waals surface area contributed by atoms with Crippen LogP contribution in [0.5, 0.6) is 11.5 Å².